The molecule has 1 fully saturated rings. The van der Waals surface area contributed by atoms with Gasteiger partial charge >= 0.3 is 0 Å². The Morgan fingerprint density at radius 3 is 2.64 bits per heavy atom. The van der Waals surface area contributed by atoms with Crippen molar-refractivity contribution in [2.75, 3.05) is 18.4 Å². The number of fused-ring (bicyclic) bond motifs is 1. The highest BCUT2D eigenvalue weighted by molar-refractivity contribution is 7.89. The summed E-state index contributed by atoms with van der Waals surface area (Å²) in [5.74, 6) is 0.0858. The van der Waals surface area contributed by atoms with Crippen molar-refractivity contribution in [3.05, 3.63) is 48.0 Å². The number of aromatic nitrogens is 2. The zero-order chi connectivity index (χ0) is 19.7. The number of amides is 1. The monoisotopic (exact) mass is 416 g/mol. The van der Waals surface area contributed by atoms with Crippen molar-refractivity contribution < 1.29 is 13.2 Å². The maximum absolute atomic E-state index is 12.8. The lowest BCUT2D eigenvalue weighted by atomic mass is 10.0. The molecule has 3 aromatic rings. The molecule has 28 heavy (non-hydrogen) atoms. The summed E-state index contributed by atoms with van der Waals surface area (Å²) in [6, 6.07) is 11.4. The molecule has 0 spiro atoms. The van der Waals surface area contributed by atoms with E-state index >= 15 is 0 Å². The van der Waals surface area contributed by atoms with E-state index in [-0.39, 0.29) is 10.8 Å². The lowest BCUT2D eigenvalue weighted by molar-refractivity contribution is 0.102. The maximum Gasteiger partial charge on any atom is 0.255 e. The van der Waals surface area contributed by atoms with Gasteiger partial charge in [-0.05, 0) is 61.2 Å². The standard InChI is InChI=1S/C19H20N4O3S2/c1-13-3-2-10-23(12-13)28(25,26)16-7-5-15(6-8-16)20-19(24)14-4-9-17-18(11-14)22-27-21-17/h4-9,11,13H,2-3,10,12H2,1H3,(H,20,24)/t13-/m0/s1. The van der Waals surface area contributed by atoms with Crippen molar-refractivity contribution >= 4 is 44.4 Å². The van der Waals surface area contributed by atoms with Gasteiger partial charge < -0.3 is 5.32 Å². The highest BCUT2D eigenvalue weighted by atomic mass is 32.2. The van der Waals surface area contributed by atoms with Gasteiger partial charge in [0, 0.05) is 24.3 Å². The largest absolute Gasteiger partial charge is 0.322 e. The van der Waals surface area contributed by atoms with Gasteiger partial charge in [-0.3, -0.25) is 4.79 Å². The molecular formula is C19H20N4O3S2. The van der Waals surface area contributed by atoms with Crippen LogP contribution in [0.5, 0.6) is 0 Å². The molecule has 0 bridgehead atoms. The number of nitrogens with one attached hydrogen (secondary N) is 1. The number of sulfonamides is 1. The molecule has 146 valence electrons. The van der Waals surface area contributed by atoms with Crippen LogP contribution in [0.1, 0.15) is 30.1 Å². The van der Waals surface area contributed by atoms with E-state index in [2.05, 4.69) is 21.0 Å². The number of anilines is 1. The molecule has 1 aliphatic heterocycles. The van der Waals surface area contributed by atoms with E-state index in [1.807, 2.05) is 0 Å². The topological polar surface area (TPSA) is 92.3 Å². The molecule has 1 saturated heterocycles. The molecule has 0 unspecified atom stereocenters. The molecule has 4 rings (SSSR count). The number of piperidine rings is 1. The van der Waals surface area contributed by atoms with Crippen LogP contribution in [0.25, 0.3) is 11.0 Å². The third kappa shape index (κ3) is 3.78. The quantitative estimate of drug-likeness (QED) is 0.704. The fraction of sp³-hybridized carbons (Fsp3) is 0.316. The van der Waals surface area contributed by atoms with Crippen LogP contribution in [-0.2, 0) is 10.0 Å². The number of hydrogen-bond donors (Lipinski definition) is 1. The first-order chi connectivity index (χ1) is 13.4. The van der Waals surface area contributed by atoms with Crippen LogP contribution in [0.15, 0.2) is 47.4 Å². The highest BCUT2D eigenvalue weighted by Crippen LogP contribution is 2.24. The van der Waals surface area contributed by atoms with Gasteiger partial charge in [-0.15, -0.1) is 0 Å². The number of carbonyl (C=O) groups excluding carboxylic acids is 1. The average molecular weight is 417 g/mol. The van der Waals surface area contributed by atoms with Crippen LogP contribution < -0.4 is 5.32 Å². The Labute approximate surface area is 167 Å². The van der Waals surface area contributed by atoms with Crippen molar-refractivity contribution in [3.8, 4) is 0 Å². The van der Waals surface area contributed by atoms with E-state index in [1.54, 1.807) is 34.6 Å². The van der Waals surface area contributed by atoms with Gasteiger partial charge in [0.05, 0.1) is 16.6 Å². The summed E-state index contributed by atoms with van der Waals surface area (Å²) in [6.45, 7) is 3.17. The van der Waals surface area contributed by atoms with Crippen LogP contribution in [0.3, 0.4) is 0 Å². The van der Waals surface area contributed by atoms with Crippen molar-refractivity contribution in [3.63, 3.8) is 0 Å². The van der Waals surface area contributed by atoms with Crippen LogP contribution in [-0.4, -0.2) is 40.5 Å². The molecule has 1 amide bonds. The van der Waals surface area contributed by atoms with Gasteiger partial charge in [0.2, 0.25) is 10.0 Å². The first kappa shape index (κ1) is 19.0. The normalized spacial score (nSPS) is 18.2. The zero-order valence-electron chi connectivity index (χ0n) is 15.3. The second kappa shape index (κ2) is 7.57. The molecule has 0 saturated carbocycles. The lowest BCUT2D eigenvalue weighted by Gasteiger charge is -2.30. The molecular weight excluding hydrogens is 396 g/mol. The summed E-state index contributed by atoms with van der Waals surface area (Å²) in [7, 11) is -3.50. The second-order valence-corrected chi connectivity index (χ2v) is 9.52. The first-order valence-electron chi connectivity index (χ1n) is 9.07. The van der Waals surface area contributed by atoms with Crippen molar-refractivity contribution in [1.82, 2.24) is 13.1 Å². The van der Waals surface area contributed by atoms with E-state index in [0.717, 1.165) is 30.1 Å². The average Bonchev–Trinajstić information content (AvgIpc) is 3.16. The maximum atomic E-state index is 12.8. The van der Waals surface area contributed by atoms with Gasteiger partial charge in [0.1, 0.15) is 11.0 Å². The third-order valence-corrected chi connectivity index (χ3v) is 7.32. The van der Waals surface area contributed by atoms with E-state index in [0.29, 0.717) is 35.8 Å². The minimum atomic E-state index is -3.50. The second-order valence-electron chi connectivity index (χ2n) is 7.06. The molecule has 9 heteroatoms. The predicted molar refractivity (Wildman–Crippen MR) is 109 cm³/mol. The smallest absolute Gasteiger partial charge is 0.255 e. The number of carbonyl (C=O) groups is 1. The fourth-order valence-electron chi connectivity index (χ4n) is 3.35. The number of rotatable bonds is 4. The fourth-order valence-corrected chi connectivity index (χ4v) is 5.47. The van der Waals surface area contributed by atoms with Crippen LogP contribution in [0.4, 0.5) is 5.69 Å². The van der Waals surface area contributed by atoms with Crippen LogP contribution >= 0.6 is 11.7 Å². The SMILES string of the molecule is C[C@H]1CCCN(S(=O)(=O)c2ccc(NC(=O)c3ccc4nsnc4c3)cc2)C1. The molecule has 7 nitrogen and oxygen atoms in total. The van der Waals surface area contributed by atoms with Gasteiger partial charge in [0.25, 0.3) is 5.91 Å². The van der Waals surface area contributed by atoms with E-state index in [4.69, 9.17) is 0 Å². The Bertz CT molecular complexity index is 1110. The van der Waals surface area contributed by atoms with E-state index in [1.165, 1.54) is 12.1 Å². The minimum Gasteiger partial charge on any atom is -0.322 e. The Kier molecular flexibility index (Phi) is 5.13. The summed E-state index contributed by atoms with van der Waals surface area (Å²) in [4.78, 5) is 12.7. The molecule has 2 heterocycles. The predicted octanol–water partition coefficient (Wildman–Crippen LogP) is 3.36. The Morgan fingerprint density at radius 1 is 1.14 bits per heavy atom. The van der Waals surface area contributed by atoms with Crippen molar-refractivity contribution in [2.24, 2.45) is 5.92 Å². The van der Waals surface area contributed by atoms with Gasteiger partial charge in [0.15, 0.2) is 0 Å². The number of hydrogen-bond acceptors (Lipinski definition) is 6. The van der Waals surface area contributed by atoms with E-state index < -0.39 is 10.0 Å². The van der Waals surface area contributed by atoms with Gasteiger partial charge in [-0.1, -0.05) is 6.92 Å². The molecule has 1 aliphatic rings. The van der Waals surface area contributed by atoms with Crippen molar-refractivity contribution in [2.45, 2.75) is 24.7 Å². The van der Waals surface area contributed by atoms with Gasteiger partial charge in [-0.25, -0.2) is 8.42 Å². The summed E-state index contributed by atoms with van der Waals surface area (Å²) in [5, 5.41) is 2.79. The van der Waals surface area contributed by atoms with Crippen molar-refractivity contribution in [1.29, 1.82) is 0 Å². The summed E-state index contributed by atoms with van der Waals surface area (Å²) >= 11 is 1.10. The number of benzene rings is 2. The Hall–Kier alpha value is -2.36. The molecule has 0 radical (unpaired) electrons. The molecule has 1 atom stereocenters. The lowest BCUT2D eigenvalue weighted by Crippen LogP contribution is -2.39. The third-order valence-electron chi connectivity index (χ3n) is 4.89. The summed E-state index contributed by atoms with van der Waals surface area (Å²) in [6.07, 6.45) is 1.94. The van der Waals surface area contributed by atoms with Gasteiger partial charge in [-0.2, -0.15) is 13.1 Å². The van der Waals surface area contributed by atoms with E-state index in [9.17, 15) is 13.2 Å². The summed E-state index contributed by atoms with van der Waals surface area (Å²) < 4.78 is 35.4. The Morgan fingerprint density at radius 2 is 1.89 bits per heavy atom. The molecule has 0 aliphatic carbocycles. The summed E-state index contributed by atoms with van der Waals surface area (Å²) in [5.41, 5.74) is 2.43. The Balaban J connectivity index is 1.49. The highest BCUT2D eigenvalue weighted by Gasteiger charge is 2.28. The zero-order valence-corrected chi connectivity index (χ0v) is 17.0. The van der Waals surface area contributed by atoms with Crippen LogP contribution in [0.2, 0.25) is 0 Å². The molecule has 1 aromatic heterocycles. The van der Waals surface area contributed by atoms with Crippen LogP contribution in [0, 0.1) is 5.92 Å². The number of nitrogens with zero attached hydrogens (tertiary/aromatic N) is 3. The first-order valence-corrected chi connectivity index (χ1v) is 11.2. The molecule has 1 N–H and O–H groups in total. The minimum absolute atomic E-state index is 0.245. The molecule has 2 aromatic carbocycles.